The summed E-state index contributed by atoms with van der Waals surface area (Å²) in [5, 5.41) is 0. The molecule has 1 saturated heterocycles. The number of benzene rings is 2. The van der Waals surface area contributed by atoms with Gasteiger partial charge in [0.2, 0.25) is 0 Å². The summed E-state index contributed by atoms with van der Waals surface area (Å²) in [7, 11) is 2.14. The maximum absolute atomic E-state index is 13.7. The molecule has 1 aliphatic heterocycles. The molecule has 0 radical (unpaired) electrons. The van der Waals surface area contributed by atoms with Crippen LogP contribution in [0.5, 0.6) is 5.75 Å². The molecule has 1 heterocycles. The predicted octanol–water partition coefficient (Wildman–Crippen LogP) is 4.89. The number of hydrogen-bond donors (Lipinski definition) is 0. The summed E-state index contributed by atoms with van der Waals surface area (Å²) in [6.45, 7) is 3.32. The van der Waals surface area contributed by atoms with E-state index in [4.69, 9.17) is 4.74 Å². The monoisotopic (exact) mass is 363 g/mol. The summed E-state index contributed by atoms with van der Waals surface area (Å²) >= 11 is 0. The summed E-state index contributed by atoms with van der Waals surface area (Å²) in [6, 6.07) is 15.6. The van der Waals surface area contributed by atoms with E-state index in [1.54, 1.807) is 12.1 Å². The Hall–Kier alpha value is -1.58. The molecule has 25 heavy (non-hydrogen) atoms. The average molecular weight is 364 g/mol. The molecule has 136 valence electrons. The minimum absolute atomic E-state index is 0. The lowest BCUT2D eigenvalue weighted by Gasteiger charge is -2.37. The van der Waals surface area contributed by atoms with E-state index in [1.165, 1.54) is 11.6 Å². The first-order chi connectivity index (χ1) is 11.6. The van der Waals surface area contributed by atoms with Gasteiger partial charge in [-0.25, -0.2) is 4.39 Å². The average Bonchev–Trinajstić information content (AvgIpc) is 2.60. The molecular formula is C21H27ClFNO. The van der Waals surface area contributed by atoms with E-state index in [2.05, 4.69) is 31.0 Å². The lowest BCUT2D eigenvalue weighted by Crippen LogP contribution is -2.46. The number of piperidine rings is 1. The largest absolute Gasteiger partial charge is 0.489 e. The molecule has 1 fully saturated rings. The molecule has 0 amide bonds. The topological polar surface area (TPSA) is 12.5 Å². The maximum atomic E-state index is 13.7. The van der Waals surface area contributed by atoms with E-state index < -0.39 is 0 Å². The van der Waals surface area contributed by atoms with Crippen molar-refractivity contribution in [3.63, 3.8) is 0 Å². The predicted molar refractivity (Wildman–Crippen MR) is 103 cm³/mol. The first-order valence-corrected chi connectivity index (χ1v) is 8.83. The molecule has 0 aromatic heterocycles. The Balaban J connectivity index is 0.00000225. The van der Waals surface area contributed by atoms with Gasteiger partial charge < -0.3 is 9.64 Å². The lowest BCUT2D eigenvalue weighted by atomic mass is 10.00. The number of aryl methyl sites for hydroxylation is 2. The van der Waals surface area contributed by atoms with Crippen LogP contribution in [-0.2, 0) is 12.8 Å². The van der Waals surface area contributed by atoms with Gasteiger partial charge in [-0.15, -0.1) is 12.4 Å². The van der Waals surface area contributed by atoms with E-state index in [0.29, 0.717) is 6.04 Å². The summed E-state index contributed by atoms with van der Waals surface area (Å²) in [5.41, 5.74) is 2.22. The van der Waals surface area contributed by atoms with Crippen LogP contribution in [0.15, 0.2) is 48.5 Å². The molecule has 2 atom stereocenters. The van der Waals surface area contributed by atoms with E-state index in [9.17, 15) is 4.39 Å². The van der Waals surface area contributed by atoms with Gasteiger partial charge in [0.1, 0.15) is 17.7 Å². The van der Waals surface area contributed by atoms with Crippen LogP contribution in [0.2, 0.25) is 0 Å². The van der Waals surface area contributed by atoms with Gasteiger partial charge in [0.25, 0.3) is 0 Å². The Kier molecular flexibility index (Phi) is 7.27. The molecule has 0 saturated carbocycles. The SMILES string of the molecule is CC1C(Oc2ccc(F)cc2CCc2ccccc2)CCCN1C.Cl. The first-order valence-electron chi connectivity index (χ1n) is 8.83. The van der Waals surface area contributed by atoms with E-state index in [0.717, 1.165) is 43.5 Å². The van der Waals surface area contributed by atoms with Crippen molar-refractivity contribution in [2.24, 2.45) is 0 Å². The van der Waals surface area contributed by atoms with Gasteiger partial charge in [0.15, 0.2) is 0 Å². The fourth-order valence-electron chi connectivity index (χ4n) is 3.37. The molecule has 4 heteroatoms. The molecule has 0 bridgehead atoms. The lowest BCUT2D eigenvalue weighted by molar-refractivity contribution is 0.0513. The van der Waals surface area contributed by atoms with Crippen molar-refractivity contribution in [2.45, 2.75) is 44.8 Å². The van der Waals surface area contributed by atoms with Crippen molar-refractivity contribution in [1.29, 1.82) is 0 Å². The van der Waals surface area contributed by atoms with Crippen LogP contribution in [0.1, 0.15) is 30.9 Å². The molecule has 2 nitrogen and oxygen atoms in total. The zero-order valence-electron chi connectivity index (χ0n) is 15.0. The standard InChI is InChI=1S/C21H26FNO.ClH/c1-16-20(9-6-14-23(16)2)24-21-13-12-19(22)15-18(21)11-10-17-7-4-3-5-8-17;/h3-5,7-8,12-13,15-16,20H,6,9-11,14H2,1-2H3;1H. The molecule has 0 aliphatic carbocycles. The molecule has 1 aliphatic rings. The van der Waals surface area contributed by atoms with Gasteiger partial charge in [-0.05, 0) is 75.5 Å². The minimum atomic E-state index is -0.195. The summed E-state index contributed by atoms with van der Waals surface area (Å²) < 4.78 is 20.0. The fraction of sp³-hybridized carbons (Fsp3) is 0.429. The highest BCUT2D eigenvalue weighted by Gasteiger charge is 2.27. The van der Waals surface area contributed by atoms with Crippen LogP contribution in [0.25, 0.3) is 0 Å². The summed E-state index contributed by atoms with van der Waals surface area (Å²) in [4.78, 5) is 2.33. The van der Waals surface area contributed by atoms with E-state index in [-0.39, 0.29) is 24.3 Å². The molecular weight excluding hydrogens is 337 g/mol. The zero-order chi connectivity index (χ0) is 16.9. The van der Waals surface area contributed by atoms with Gasteiger partial charge in [0.05, 0.1) is 0 Å². The van der Waals surface area contributed by atoms with Crippen LogP contribution in [0, 0.1) is 5.82 Å². The molecule has 3 rings (SSSR count). The number of nitrogens with zero attached hydrogens (tertiary/aromatic N) is 1. The first kappa shape index (κ1) is 19.7. The van der Waals surface area contributed by atoms with E-state index in [1.807, 2.05) is 18.2 Å². The molecule has 0 N–H and O–H groups in total. The van der Waals surface area contributed by atoms with Gasteiger partial charge in [-0.2, -0.15) is 0 Å². The number of rotatable bonds is 5. The summed E-state index contributed by atoms with van der Waals surface area (Å²) in [6.07, 6.45) is 4.05. The Morgan fingerprint density at radius 2 is 1.88 bits per heavy atom. The third-order valence-corrected chi connectivity index (χ3v) is 5.06. The Bertz CT molecular complexity index is 664. The second kappa shape index (κ2) is 9.21. The summed E-state index contributed by atoms with van der Waals surface area (Å²) in [5.74, 6) is 0.638. The van der Waals surface area contributed by atoms with Crippen molar-refractivity contribution in [1.82, 2.24) is 4.90 Å². The third-order valence-electron chi connectivity index (χ3n) is 5.06. The Morgan fingerprint density at radius 3 is 2.64 bits per heavy atom. The van der Waals surface area contributed by atoms with Crippen molar-refractivity contribution in [3.05, 3.63) is 65.5 Å². The smallest absolute Gasteiger partial charge is 0.123 e. The fourth-order valence-corrected chi connectivity index (χ4v) is 3.37. The maximum Gasteiger partial charge on any atom is 0.123 e. The Morgan fingerprint density at radius 1 is 1.12 bits per heavy atom. The van der Waals surface area contributed by atoms with Crippen LogP contribution in [0.4, 0.5) is 4.39 Å². The van der Waals surface area contributed by atoms with Crippen LogP contribution < -0.4 is 4.74 Å². The van der Waals surface area contributed by atoms with Gasteiger partial charge in [-0.3, -0.25) is 0 Å². The Labute approximate surface area is 156 Å². The van der Waals surface area contributed by atoms with Crippen molar-refractivity contribution in [2.75, 3.05) is 13.6 Å². The van der Waals surface area contributed by atoms with Crippen molar-refractivity contribution in [3.8, 4) is 5.75 Å². The highest BCUT2D eigenvalue weighted by molar-refractivity contribution is 5.85. The van der Waals surface area contributed by atoms with Crippen molar-refractivity contribution < 1.29 is 9.13 Å². The van der Waals surface area contributed by atoms with Gasteiger partial charge in [0, 0.05) is 6.04 Å². The number of halogens is 2. The minimum Gasteiger partial charge on any atom is -0.489 e. The number of likely N-dealkylation sites (tertiary alicyclic amines) is 1. The quantitative estimate of drug-likeness (QED) is 0.749. The second-order valence-electron chi connectivity index (χ2n) is 6.76. The molecule has 2 aromatic carbocycles. The molecule has 2 unspecified atom stereocenters. The number of ether oxygens (including phenoxy) is 1. The van der Waals surface area contributed by atoms with Gasteiger partial charge in [-0.1, -0.05) is 30.3 Å². The molecule has 0 spiro atoms. The highest BCUT2D eigenvalue weighted by atomic mass is 35.5. The zero-order valence-corrected chi connectivity index (χ0v) is 15.8. The van der Waals surface area contributed by atoms with E-state index >= 15 is 0 Å². The number of likely N-dealkylation sites (N-methyl/N-ethyl adjacent to an activating group) is 1. The third kappa shape index (κ3) is 5.20. The van der Waals surface area contributed by atoms with Crippen molar-refractivity contribution >= 4 is 12.4 Å². The highest BCUT2D eigenvalue weighted by Crippen LogP contribution is 2.27. The number of hydrogen-bond acceptors (Lipinski definition) is 2. The normalized spacial score (nSPS) is 20.8. The van der Waals surface area contributed by atoms with Crippen LogP contribution >= 0.6 is 12.4 Å². The second-order valence-corrected chi connectivity index (χ2v) is 6.76. The van der Waals surface area contributed by atoms with Gasteiger partial charge >= 0.3 is 0 Å². The van der Waals surface area contributed by atoms with Crippen LogP contribution in [-0.4, -0.2) is 30.6 Å². The molecule has 2 aromatic rings. The van der Waals surface area contributed by atoms with Crippen LogP contribution in [0.3, 0.4) is 0 Å².